The van der Waals surface area contributed by atoms with Crippen LogP contribution in [0.3, 0.4) is 0 Å². The van der Waals surface area contributed by atoms with Gasteiger partial charge in [-0.25, -0.2) is 9.67 Å². The van der Waals surface area contributed by atoms with Gasteiger partial charge in [-0.05, 0) is 28.7 Å². The molecule has 0 unspecified atom stereocenters. The molecule has 3 heterocycles. The van der Waals surface area contributed by atoms with Crippen molar-refractivity contribution < 1.29 is 4.73 Å². The van der Waals surface area contributed by atoms with Crippen LogP contribution in [0.4, 0.5) is 5.82 Å². The lowest BCUT2D eigenvalue weighted by molar-refractivity contribution is -0.605. The van der Waals surface area contributed by atoms with Gasteiger partial charge < -0.3 is 10.9 Å². The third kappa shape index (κ3) is 1.67. The molecular formula is C11H8IN5O. The van der Waals surface area contributed by atoms with Crippen molar-refractivity contribution in [3.8, 4) is 5.69 Å². The first-order chi connectivity index (χ1) is 8.66. The van der Waals surface area contributed by atoms with E-state index in [1.165, 1.54) is 12.4 Å². The summed E-state index contributed by atoms with van der Waals surface area (Å²) in [7, 11) is 0. The average Bonchev–Trinajstić information content (AvgIpc) is 2.69. The van der Waals surface area contributed by atoms with E-state index in [2.05, 4.69) is 32.7 Å². The predicted octanol–water partition coefficient (Wildman–Crippen LogP) is 1.24. The molecule has 0 bridgehead atoms. The van der Waals surface area contributed by atoms with Gasteiger partial charge >= 0.3 is 0 Å². The molecule has 0 radical (unpaired) electrons. The van der Waals surface area contributed by atoms with Crippen LogP contribution in [0.5, 0.6) is 0 Å². The first-order valence-corrected chi connectivity index (χ1v) is 6.22. The molecule has 7 heteroatoms. The van der Waals surface area contributed by atoms with E-state index in [0.29, 0.717) is 5.82 Å². The van der Waals surface area contributed by atoms with Gasteiger partial charge in [0.2, 0.25) is 0 Å². The number of pyridine rings is 2. The molecule has 0 saturated carbocycles. The molecule has 0 amide bonds. The summed E-state index contributed by atoms with van der Waals surface area (Å²) in [6.07, 6.45) is 4.50. The Bertz CT molecular complexity index is 722. The van der Waals surface area contributed by atoms with E-state index in [4.69, 9.17) is 5.73 Å². The number of nitrogens with zero attached hydrogens (tertiary/aromatic N) is 4. The first kappa shape index (κ1) is 11.2. The Hall–Kier alpha value is -1.90. The van der Waals surface area contributed by atoms with E-state index >= 15 is 0 Å². The quantitative estimate of drug-likeness (QED) is 0.405. The molecule has 18 heavy (non-hydrogen) atoms. The molecule has 3 aromatic heterocycles. The van der Waals surface area contributed by atoms with Crippen molar-refractivity contribution in [1.29, 1.82) is 0 Å². The summed E-state index contributed by atoms with van der Waals surface area (Å²) in [6.45, 7) is 0. The minimum Gasteiger partial charge on any atom is -0.619 e. The van der Waals surface area contributed by atoms with Gasteiger partial charge in [0.1, 0.15) is 9.52 Å². The maximum absolute atomic E-state index is 11.0. The van der Waals surface area contributed by atoms with Gasteiger partial charge in [-0.3, -0.25) is 0 Å². The highest BCUT2D eigenvalue weighted by molar-refractivity contribution is 14.1. The standard InChI is InChI=1S/C11H8IN5O/c12-10-9-8(1-4-14-11(9)13)17(15-10)7-2-5-16(18)6-3-7/h1-6H,(H2,13,14). The number of fused-ring (bicyclic) bond motifs is 1. The number of hydrogen-bond donors (Lipinski definition) is 1. The molecule has 3 aromatic rings. The second-order valence-corrected chi connectivity index (χ2v) is 4.73. The van der Waals surface area contributed by atoms with Crippen molar-refractivity contribution in [2.45, 2.75) is 0 Å². The summed E-state index contributed by atoms with van der Waals surface area (Å²) in [6, 6.07) is 5.25. The number of halogens is 1. The van der Waals surface area contributed by atoms with Crippen molar-refractivity contribution in [2.24, 2.45) is 0 Å². The van der Waals surface area contributed by atoms with Crippen LogP contribution in [0.15, 0.2) is 36.8 Å². The van der Waals surface area contributed by atoms with Gasteiger partial charge in [-0.15, -0.1) is 0 Å². The second kappa shape index (κ2) is 4.09. The number of aromatic nitrogens is 4. The fourth-order valence-electron chi connectivity index (χ4n) is 1.79. The molecule has 0 fully saturated rings. The molecule has 90 valence electrons. The lowest BCUT2D eigenvalue weighted by Crippen LogP contribution is -2.23. The zero-order valence-corrected chi connectivity index (χ0v) is 11.3. The number of nitrogens with two attached hydrogens (primary N) is 1. The normalized spacial score (nSPS) is 10.9. The Balaban J connectivity index is 2.30. The molecule has 6 nitrogen and oxygen atoms in total. The van der Waals surface area contributed by atoms with E-state index < -0.39 is 0 Å². The van der Waals surface area contributed by atoms with Crippen molar-refractivity contribution in [2.75, 3.05) is 5.73 Å². The predicted molar refractivity (Wildman–Crippen MR) is 75.0 cm³/mol. The SMILES string of the molecule is Nc1nccc2c1c(I)nn2-c1cc[n+]([O-])cc1. The van der Waals surface area contributed by atoms with Crippen LogP contribution < -0.4 is 10.5 Å². The van der Waals surface area contributed by atoms with E-state index in [-0.39, 0.29) is 0 Å². The molecule has 0 aliphatic carbocycles. The summed E-state index contributed by atoms with van der Waals surface area (Å²) in [5.41, 5.74) is 7.53. The summed E-state index contributed by atoms with van der Waals surface area (Å²) < 4.78 is 3.26. The third-order valence-corrected chi connectivity index (χ3v) is 3.36. The van der Waals surface area contributed by atoms with Crippen LogP contribution in [-0.2, 0) is 0 Å². The van der Waals surface area contributed by atoms with Gasteiger partial charge in [0, 0.05) is 18.3 Å². The largest absolute Gasteiger partial charge is 0.619 e. The number of rotatable bonds is 1. The zero-order valence-electron chi connectivity index (χ0n) is 9.12. The Kier molecular flexibility index (Phi) is 2.54. The lowest BCUT2D eigenvalue weighted by Gasteiger charge is -2.03. The summed E-state index contributed by atoms with van der Waals surface area (Å²) in [5.74, 6) is 0.456. The maximum atomic E-state index is 11.0. The maximum Gasteiger partial charge on any atom is 0.182 e. The van der Waals surface area contributed by atoms with Crippen molar-refractivity contribution in [1.82, 2.24) is 14.8 Å². The Morgan fingerprint density at radius 2 is 2.00 bits per heavy atom. The number of nitrogen functional groups attached to an aromatic ring is 1. The molecule has 2 N–H and O–H groups in total. The van der Waals surface area contributed by atoms with Crippen molar-refractivity contribution >= 4 is 39.3 Å². The average molecular weight is 353 g/mol. The fraction of sp³-hybridized carbons (Fsp3) is 0. The highest BCUT2D eigenvalue weighted by Gasteiger charge is 2.13. The van der Waals surface area contributed by atoms with Crippen LogP contribution in [0.1, 0.15) is 0 Å². The van der Waals surface area contributed by atoms with Gasteiger partial charge in [0.25, 0.3) is 0 Å². The van der Waals surface area contributed by atoms with Crippen LogP contribution >= 0.6 is 22.6 Å². The second-order valence-electron chi connectivity index (χ2n) is 3.71. The van der Waals surface area contributed by atoms with Gasteiger partial charge in [-0.2, -0.15) is 9.83 Å². The minimum absolute atomic E-state index is 0.456. The fourth-order valence-corrected chi connectivity index (χ4v) is 2.56. The highest BCUT2D eigenvalue weighted by Crippen LogP contribution is 2.26. The number of anilines is 1. The lowest BCUT2D eigenvalue weighted by atomic mass is 10.3. The van der Waals surface area contributed by atoms with Crippen LogP contribution in [0.25, 0.3) is 16.6 Å². The molecule has 3 rings (SSSR count). The van der Waals surface area contributed by atoms with Gasteiger partial charge in [0.15, 0.2) is 12.4 Å². The van der Waals surface area contributed by atoms with Crippen LogP contribution in [0, 0.1) is 8.91 Å². The molecule has 0 aliphatic heterocycles. The Labute approximate surface area is 116 Å². The van der Waals surface area contributed by atoms with E-state index in [0.717, 1.165) is 25.0 Å². The van der Waals surface area contributed by atoms with Gasteiger partial charge in [0.05, 0.1) is 16.6 Å². The molecule has 0 aromatic carbocycles. The summed E-state index contributed by atoms with van der Waals surface area (Å²) >= 11 is 2.12. The van der Waals surface area contributed by atoms with Gasteiger partial charge in [-0.1, -0.05) is 0 Å². The molecule has 0 aliphatic rings. The van der Waals surface area contributed by atoms with E-state index in [9.17, 15) is 5.21 Å². The smallest absolute Gasteiger partial charge is 0.182 e. The molecule has 0 atom stereocenters. The third-order valence-electron chi connectivity index (χ3n) is 2.61. The number of hydrogen-bond acceptors (Lipinski definition) is 4. The molecule has 0 saturated heterocycles. The Morgan fingerprint density at radius 1 is 1.28 bits per heavy atom. The van der Waals surface area contributed by atoms with E-state index in [1.807, 2.05) is 6.07 Å². The van der Waals surface area contributed by atoms with Crippen LogP contribution in [0.2, 0.25) is 0 Å². The minimum atomic E-state index is 0.456. The van der Waals surface area contributed by atoms with Crippen LogP contribution in [-0.4, -0.2) is 14.8 Å². The topological polar surface area (TPSA) is 83.7 Å². The highest BCUT2D eigenvalue weighted by atomic mass is 127. The van der Waals surface area contributed by atoms with E-state index in [1.54, 1.807) is 23.0 Å². The first-order valence-electron chi connectivity index (χ1n) is 5.15. The molecular weight excluding hydrogens is 345 g/mol. The summed E-state index contributed by atoms with van der Waals surface area (Å²) in [5, 5.41) is 16.3. The Morgan fingerprint density at radius 3 is 2.72 bits per heavy atom. The summed E-state index contributed by atoms with van der Waals surface area (Å²) in [4.78, 5) is 4.05. The van der Waals surface area contributed by atoms with Crippen molar-refractivity contribution in [3.05, 3.63) is 45.7 Å². The monoisotopic (exact) mass is 353 g/mol. The zero-order chi connectivity index (χ0) is 12.7. The van der Waals surface area contributed by atoms with Crippen molar-refractivity contribution in [3.63, 3.8) is 0 Å². The molecule has 0 spiro atoms.